The number of hydrogen-bond acceptors (Lipinski definition) is 5. The number of carbonyl (C=O) groups is 1. The van der Waals surface area contributed by atoms with Gasteiger partial charge in [-0.2, -0.15) is 4.80 Å². The van der Waals surface area contributed by atoms with Gasteiger partial charge in [0.05, 0.1) is 0 Å². The molecule has 21 heavy (non-hydrogen) atoms. The lowest BCUT2D eigenvalue weighted by Crippen LogP contribution is -2.48. The van der Waals surface area contributed by atoms with Crippen molar-refractivity contribution in [3.63, 3.8) is 0 Å². The maximum Gasteiger partial charge on any atom is 0.243 e. The van der Waals surface area contributed by atoms with Gasteiger partial charge in [-0.05, 0) is 12.1 Å². The van der Waals surface area contributed by atoms with Gasteiger partial charge in [-0.3, -0.25) is 4.79 Å². The number of carbonyl (C=O) groups excluding carboxylic acids is 1. The van der Waals surface area contributed by atoms with E-state index in [-0.39, 0.29) is 12.5 Å². The molecular weight excluding hydrogens is 268 g/mol. The van der Waals surface area contributed by atoms with Crippen molar-refractivity contribution >= 4 is 5.91 Å². The number of nitrogens with zero attached hydrogens (tertiary/aromatic N) is 4. The summed E-state index contributed by atoms with van der Waals surface area (Å²) in [7, 11) is 0. The molecule has 0 atom stereocenters. The van der Waals surface area contributed by atoms with E-state index in [9.17, 15) is 4.79 Å². The fourth-order valence-electron chi connectivity index (χ4n) is 2.06. The first-order valence-electron chi connectivity index (χ1n) is 7.03. The number of nitrogens with one attached hydrogen (secondary N) is 2. The van der Waals surface area contributed by atoms with Crippen LogP contribution in [0.5, 0.6) is 0 Å². The van der Waals surface area contributed by atoms with E-state index in [1.54, 1.807) is 0 Å². The first kappa shape index (κ1) is 13.7. The van der Waals surface area contributed by atoms with Crippen LogP contribution in [0.25, 0.3) is 11.4 Å². The third kappa shape index (κ3) is 3.43. The van der Waals surface area contributed by atoms with Crippen LogP contribution in [-0.4, -0.2) is 45.7 Å². The van der Waals surface area contributed by atoms with E-state index in [0.29, 0.717) is 18.3 Å². The van der Waals surface area contributed by atoms with Crippen LogP contribution in [0.2, 0.25) is 0 Å². The van der Waals surface area contributed by atoms with Crippen molar-refractivity contribution in [2.45, 2.75) is 13.5 Å². The summed E-state index contributed by atoms with van der Waals surface area (Å²) >= 11 is 0. The summed E-state index contributed by atoms with van der Waals surface area (Å²) in [5.74, 6) is 0.988. The van der Waals surface area contributed by atoms with Gasteiger partial charge in [-0.25, -0.2) is 0 Å². The topological polar surface area (TPSA) is 84.7 Å². The molecule has 0 radical (unpaired) electrons. The Bertz CT molecular complexity index is 617. The molecule has 1 aliphatic rings. The van der Waals surface area contributed by atoms with Crippen molar-refractivity contribution in [3.05, 3.63) is 29.8 Å². The molecular formula is C14H18N6O. The molecule has 1 aromatic heterocycles. The van der Waals surface area contributed by atoms with Crippen LogP contribution in [-0.2, 0) is 11.3 Å². The number of aryl methyl sites for hydroxylation is 1. The van der Waals surface area contributed by atoms with Crippen molar-refractivity contribution in [1.82, 2.24) is 30.8 Å². The summed E-state index contributed by atoms with van der Waals surface area (Å²) in [6.45, 7) is 4.76. The molecule has 110 valence electrons. The van der Waals surface area contributed by atoms with Crippen LogP contribution in [0.4, 0.5) is 0 Å². The van der Waals surface area contributed by atoms with E-state index in [1.165, 1.54) is 10.4 Å². The molecule has 0 spiro atoms. The smallest absolute Gasteiger partial charge is 0.243 e. The number of aromatic nitrogens is 4. The highest BCUT2D eigenvalue weighted by atomic mass is 16.2. The van der Waals surface area contributed by atoms with Gasteiger partial charge in [0.1, 0.15) is 6.54 Å². The number of tetrazole rings is 1. The zero-order chi connectivity index (χ0) is 14.7. The lowest BCUT2D eigenvalue weighted by Gasteiger charge is -2.26. The summed E-state index contributed by atoms with van der Waals surface area (Å²) in [6, 6.07) is 7.88. The second-order valence-corrected chi connectivity index (χ2v) is 5.34. The van der Waals surface area contributed by atoms with E-state index in [1.807, 2.05) is 31.2 Å². The number of amides is 1. The summed E-state index contributed by atoms with van der Waals surface area (Å²) < 4.78 is 0. The highest BCUT2D eigenvalue weighted by Crippen LogP contribution is 2.13. The average Bonchev–Trinajstić information content (AvgIpc) is 2.86. The normalized spacial score (nSPS) is 14.7. The molecule has 2 N–H and O–H groups in total. The van der Waals surface area contributed by atoms with Gasteiger partial charge >= 0.3 is 0 Å². The largest absolute Gasteiger partial charge is 0.354 e. The maximum absolute atomic E-state index is 11.8. The van der Waals surface area contributed by atoms with Gasteiger partial charge in [0, 0.05) is 31.1 Å². The quantitative estimate of drug-likeness (QED) is 0.807. The van der Waals surface area contributed by atoms with Crippen molar-refractivity contribution in [2.75, 3.05) is 19.6 Å². The SMILES string of the molecule is Cc1ccc(-c2nnn(CC(=O)NCC3CNC3)n2)cc1. The Morgan fingerprint density at radius 2 is 2.14 bits per heavy atom. The molecule has 7 nitrogen and oxygen atoms in total. The van der Waals surface area contributed by atoms with E-state index < -0.39 is 0 Å². The van der Waals surface area contributed by atoms with Crippen LogP contribution in [0.15, 0.2) is 24.3 Å². The molecule has 2 aromatic rings. The fourth-order valence-corrected chi connectivity index (χ4v) is 2.06. The first-order valence-corrected chi connectivity index (χ1v) is 7.03. The minimum absolute atomic E-state index is 0.0882. The molecule has 1 aliphatic heterocycles. The van der Waals surface area contributed by atoms with E-state index in [0.717, 1.165) is 18.7 Å². The Balaban J connectivity index is 1.56. The van der Waals surface area contributed by atoms with E-state index in [2.05, 4.69) is 26.0 Å². The summed E-state index contributed by atoms with van der Waals surface area (Å²) in [5.41, 5.74) is 2.07. The highest BCUT2D eigenvalue weighted by Gasteiger charge is 2.17. The Labute approximate surface area is 122 Å². The Kier molecular flexibility index (Phi) is 3.92. The Hall–Kier alpha value is -2.28. The molecule has 0 saturated carbocycles. The first-order chi connectivity index (χ1) is 10.2. The van der Waals surface area contributed by atoms with Crippen LogP contribution in [0.1, 0.15) is 5.56 Å². The monoisotopic (exact) mass is 286 g/mol. The standard InChI is InChI=1S/C14H18N6O/c1-10-2-4-12(5-3-10)14-17-19-20(18-14)9-13(21)16-8-11-6-15-7-11/h2-5,11,15H,6-9H2,1H3,(H,16,21). The van der Waals surface area contributed by atoms with Crippen molar-refractivity contribution < 1.29 is 4.79 Å². The molecule has 0 bridgehead atoms. The molecule has 7 heteroatoms. The van der Waals surface area contributed by atoms with E-state index in [4.69, 9.17) is 0 Å². The molecule has 2 heterocycles. The van der Waals surface area contributed by atoms with Crippen LogP contribution >= 0.6 is 0 Å². The Morgan fingerprint density at radius 1 is 1.38 bits per heavy atom. The van der Waals surface area contributed by atoms with Gasteiger partial charge in [0.25, 0.3) is 0 Å². The predicted octanol–water partition coefficient (Wildman–Crippen LogP) is -0.0159. The van der Waals surface area contributed by atoms with E-state index >= 15 is 0 Å². The molecule has 0 unspecified atom stereocenters. The van der Waals surface area contributed by atoms with Gasteiger partial charge in [0.15, 0.2) is 0 Å². The summed E-state index contributed by atoms with van der Waals surface area (Å²) in [5, 5.41) is 18.2. The zero-order valence-corrected chi connectivity index (χ0v) is 11.9. The highest BCUT2D eigenvalue weighted by molar-refractivity contribution is 5.75. The van der Waals surface area contributed by atoms with Gasteiger partial charge in [0.2, 0.25) is 11.7 Å². The predicted molar refractivity (Wildman–Crippen MR) is 77.4 cm³/mol. The third-order valence-corrected chi connectivity index (χ3v) is 3.50. The van der Waals surface area contributed by atoms with Gasteiger partial charge in [-0.15, -0.1) is 10.2 Å². The second-order valence-electron chi connectivity index (χ2n) is 5.34. The third-order valence-electron chi connectivity index (χ3n) is 3.50. The number of benzene rings is 1. The average molecular weight is 286 g/mol. The lowest BCUT2D eigenvalue weighted by molar-refractivity contribution is -0.122. The minimum atomic E-state index is -0.0882. The molecule has 1 amide bonds. The minimum Gasteiger partial charge on any atom is -0.354 e. The number of hydrogen-bond donors (Lipinski definition) is 2. The number of rotatable bonds is 5. The fraction of sp³-hybridized carbons (Fsp3) is 0.429. The maximum atomic E-state index is 11.8. The molecule has 1 saturated heterocycles. The molecule has 0 aliphatic carbocycles. The summed E-state index contributed by atoms with van der Waals surface area (Å²) in [6.07, 6.45) is 0. The van der Waals surface area contributed by atoms with Crippen LogP contribution in [0.3, 0.4) is 0 Å². The van der Waals surface area contributed by atoms with Crippen molar-refractivity contribution in [3.8, 4) is 11.4 Å². The van der Waals surface area contributed by atoms with Crippen molar-refractivity contribution in [2.24, 2.45) is 5.92 Å². The van der Waals surface area contributed by atoms with Gasteiger partial charge in [-0.1, -0.05) is 29.8 Å². The molecule has 3 rings (SSSR count). The van der Waals surface area contributed by atoms with Crippen LogP contribution < -0.4 is 10.6 Å². The lowest BCUT2D eigenvalue weighted by atomic mass is 10.0. The molecule has 1 fully saturated rings. The summed E-state index contributed by atoms with van der Waals surface area (Å²) in [4.78, 5) is 13.1. The Morgan fingerprint density at radius 3 is 2.81 bits per heavy atom. The van der Waals surface area contributed by atoms with Gasteiger partial charge < -0.3 is 10.6 Å². The van der Waals surface area contributed by atoms with Crippen molar-refractivity contribution in [1.29, 1.82) is 0 Å². The molecule has 1 aromatic carbocycles. The zero-order valence-electron chi connectivity index (χ0n) is 11.9. The second kappa shape index (κ2) is 6.01. The van der Waals surface area contributed by atoms with Crippen LogP contribution in [0, 0.1) is 12.8 Å².